The Bertz CT molecular complexity index is 260. The van der Waals surface area contributed by atoms with E-state index in [-0.39, 0.29) is 18.6 Å². The van der Waals surface area contributed by atoms with Gasteiger partial charge in [0.2, 0.25) is 0 Å². The van der Waals surface area contributed by atoms with Gasteiger partial charge in [-0.3, -0.25) is 10.3 Å². The fourth-order valence-corrected chi connectivity index (χ4v) is 1.44. The quantitative estimate of drug-likeness (QED) is 0.774. The van der Waals surface area contributed by atoms with Crippen LogP contribution in [0.4, 0.5) is 0 Å². The van der Waals surface area contributed by atoms with Gasteiger partial charge in [0.15, 0.2) is 0 Å². The van der Waals surface area contributed by atoms with E-state index in [2.05, 4.69) is 17.2 Å². The van der Waals surface area contributed by atoms with Gasteiger partial charge in [0.05, 0.1) is 6.61 Å². The minimum absolute atomic E-state index is 0. The Balaban J connectivity index is 0.000000980. The third-order valence-corrected chi connectivity index (χ3v) is 2.21. The van der Waals surface area contributed by atoms with Crippen LogP contribution in [-0.4, -0.2) is 18.1 Å². The van der Waals surface area contributed by atoms with Crippen LogP contribution < -0.4 is 5.32 Å². The van der Waals surface area contributed by atoms with Crippen LogP contribution in [-0.2, 0) is 4.74 Å². The van der Waals surface area contributed by atoms with Crippen molar-refractivity contribution < 1.29 is 4.74 Å². The number of hydrogen-bond acceptors (Lipinski definition) is 3. The zero-order chi connectivity index (χ0) is 9.10. The second-order valence-electron chi connectivity index (χ2n) is 3.51. The molecule has 2 unspecified atom stereocenters. The van der Waals surface area contributed by atoms with Crippen LogP contribution in [0.5, 0.6) is 0 Å². The Kier molecular flexibility index (Phi) is 4.32. The average molecular weight is 215 g/mol. The molecule has 4 heteroatoms. The Hall–Kier alpha value is -0.640. The van der Waals surface area contributed by atoms with Crippen molar-refractivity contribution in [1.82, 2.24) is 10.3 Å². The van der Waals surface area contributed by atoms with Gasteiger partial charge in [-0.15, -0.1) is 12.4 Å². The summed E-state index contributed by atoms with van der Waals surface area (Å²) in [5.41, 5.74) is 1.15. The number of aromatic nitrogens is 1. The second kappa shape index (κ2) is 5.29. The molecule has 1 aromatic heterocycles. The molecular formula is C10H15ClN2O. The van der Waals surface area contributed by atoms with Gasteiger partial charge in [-0.1, -0.05) is 6.92 Å². The predicted molar refractivity (Wildman–Crippen MR) is 57.3 cm³/mol. The zero-order valence-corrected chi connectivity index (χ0v) is 8.96. The van der Waals surface area contributed by atoms with Crippen LogP contribution in [0, 0.1) is 5.92 Å². The van der Waals surface area contributed by atoms with E-state index in [1.54, 1.807) is 12.4 Å². The first-order valence-electron chi connectivity index (χ1n) is 4.61. The highest BCUT2D eigenvalue weighted by Gasteiger charge is 2.18. The summed E-state index contributed by atoms with van der Waals surface area (Å²) >= 11 is 0. The SMILES string of the molecule is CC1CNC(c2ccncc2)OC1.Cl. The number of rotatable bonds is 1. The molecule has 0 bridgehead atoms. The summed E-state index contributed by atoms with van der Waals surface area (Å²) in [4.78, 5) is 3.97. The molecule has 1 saturated heterocycles. The molecule has 2 heterocycles. The van der Waals surface area contributed by atoms with Crippen molar-refractivity contribution in [1.29, 1.82) is 0 Å². The molecule has 2 atom stereocenters. The van der Waals surface area contributed by atoms with Crippen LogP contribution in [0.25, 0.3) is 0 Å². The molecule has 1 aliphatic heterocycles. The number of pyridine rings is 1. The van der Waals surface area contributed by atoms with Crippen molar-refractivity contribution in [2.24, 2.45) is 5.92 Å². The summed E-state index contributed by atoms with van der Waals surface area (Å²) in [5, 5.41) is 3.34. The maximum Gasteiger partial charge on any atom is 0.134 e. The van der Waals surface area contributed by atoms with Crippen LogP contribution in [0.2, 0.25) is 0 Å². The number of nitrogens with zero attached hydrogens (tertiary/aromatic N) is 1. The Morgan fingerprint density at radius 2 is 2.14 bits per heavy atom. The van der Waals surface area contributed by atoms with Crippen LogP contribution in [0.1, 0.15) is 18.7 Å². The topological polar surface area (TPSA) is 34.2 Å². The summed E-state index contributed by atoms with van der Waals surface area (Å²) < 4.78 is 5.64. The van der Waals surface area contributed by atoms with Gasteiger partial charge in [-0.05, 0) is 23.6 Å². The molecular weight excluding hydrogens is 200 g/mol. The molecule has 0 aromatic carbocycles. The van der Waals surface area contributed by atoms with E-state index in [1.807, 2.05) is 12.1 Å². The zero-order valence-electron chi connectivity index (χ0n) is 8.14. The van der Waals surface area contributed by atoms with Gasteiger partial charge < -0.3 is 4.74 Å². The van der Waals surface area contributed by atoms with Gasteiger partial charge in [0, 0.05) is 18.9 Å². The van der Waals surface area contributed by atoms with Crippen molar-refractivity contribution in [2.75, 3.05) is 13.2 Å². The standard InChI is InChI=1S/C10H14N2O.ClH/c1-8-6-12-10(13-7-8)9-2-4-11-5-3-9;/h2-5,8,10,12H,6-7H2,1H3;1H. The molecule has 2 rings (SSSR count). The number of hydrogen-bond donors (Lipinski definition) is 1. The van der Waals surface area contributed by atoms with E-state index >= 15 is 0 Å². The van der Waals surface area contributed by atoms with E-state index in [4.69, 9.17) is 4.74 Å². The first-order chi connectivity index (χ1) is 6.36. The number of ether oxygens (including phenoxy) is 1. The predicted octanol–water partition coefficient (Wildman–Crippen LogP) is 1.76. The van der Waals surface area contributed by atoms with Crippen molar-refractivity contribution >= 4 is 12.4 Å². The molecule has 1 fully saturated rings. The molecule has 0 saturated carbocycles. The van der Waals surface area contributed by atoms with Crippen molar-refractivity contribution in [3.63, 3.8) is 0 Å². The lowest BCUT2D eigenvalue weighted by Gasteiger charge is -2.28. The summed E-state index contributed by atoms with van der Waals surface area (Å²) in [5.74, 6) is 0.609. The lowest BCUT2D eigenvalue weighted by atomic mass is 10.1. The van der Waals surface area contributed by atoms with Gasteiger partial charge in [0.25, 0.3) is 0 Å². The van der Waals surface area contributed by atoms with Crippen LogP contribution >= 0.6 is 12.4 Å². The van der Waals surface area contributed by atoms with E-state index in [0.29, 0.717) is 5.92 Å². The Morgan fingerprint density at radius 3 is 2.71 bits per heavy atom. The third kappa shape index (κ3) is 2.67. The first kappa shape index (κ1) is 11.4. The highest BCUT2D eigenvalue weighted by molar-refractivity contribution is 5.85. The van der Waals surface area contributed by atoms with Gasteiger partial charge >= 0.3 is 0 Å². The van der Waals surface area contributed by atoms with Gasteiger partial charge in [-0.25, -0.2) is 0 Å². The monoisotopic (exact) mass is 214 g/mol. The molecule has 0 spiro atoms. The highest BCUT2D eigenvalue weighted by atomic mass is 35.5. The highest BCUT2D eigenvalue weighted by Crippen LogP contribution is 2.18. The van der Waals surface area contributed by atoms with E-state index < -0.39 is 0 Å². The molecule has 0 aliphatic carbocycles. The molecule has 1 aliphatic rings. The number of nitrogens with one attached hydrogen (secondary N) is 1. The van der Waals surface area contributed by atoms with E-state index in [1.165, 1.54) is 0 Å². The lowest BCUT2D eigenvalue weighted by molar-refractivity contribution is -0.0254. The summed E-state index contributed by atoms with van der Waals surface area (Å²) in [7, 11) is 0. The normalized spacial score (nSPS) is 26.6. The van der Waals surface area contributed by atoms with Crippen molar-refractivity contribution in [3.8, 4) is 0 Å². The summed E-state index contributed by atoms with van der Waals surface area (Å²) in [6, 6.07) is 3.96. The summed E-state index contributed by atoms with van der Waals surface area (Å²) in [6.07, 6.45) is 3.63. The smallest absolute Gasteiger partial charge is 0.134 e. The molecule has 3 nitrogen and oxygen atoms in total. The molecule has 1 aromatic rings. The maximum atomic E-state index is 5.64. The van der Waals surface area contributed by atoms with Crippen molar-refractivity contribution in [3.05, 3.63) is 30.1 Å². The lowest BCUT2D eigenvalue weighted by Crippen LogP contribution is -2.36. The molecule has 78 valence electrons. The first-order valence-corrected chi connectivity index (χ1v) is 4.61. The molecule has 0 amide bonds. The van der Waals surface area contributed by atoms with Crippen molar-refractivity contribution in [2.45, 2.75) is 13.2 Å². The maximum absolute atomic E-state index is 5.64. The molecule has 0 radical (unpaired) electrons. The van der Waals surface area contributed by atoms with Crippen LogP contribution in [0.15, 0.2) is 24.5 Å². The largest absolute Gasteiger partial charge is 0.359 e. The van der Waals surface area contributed by atoms with Crippen LogP contribution in [0.3, 0.4) is 0 Å². The minimum atomic E-state index is 0. The molecule has 14 heavy (non-hydrogen) atoms. The van der Waals surface area contributed by atoms with Gasteiger partial charge in [0.1, 0.15) is 6.23 Å². The van der Waals surface area contributed by atoms with E-state index in [9.17, 15) is 0 Å². The minimum Gasteiger partial charge on any atom is -0.359 e. The number of halogens is 1. The Morgan fingerprint density at radius 1 is 1.43 bits per heavy atom. The average Bonchev–Trinajstić information content (AvgIpc) is 2.20. The Labute approximate surface area is 90.3 Å². The third-order valence-electron chi connectivity index (χ3n) is 2.21. The second-order valence-corrected chi connectivity index (χ2v) is 3.51. The van der Waals surface area contributed by atoms with Gasteiger partial charge in [-0.2, -0.15) is 0 Å². The van der Waals surface area contributed by atoms with E-state index in [0.717, 1.165) is 18.7 Å². The fraction of sp³-hybridized carbons (Fsp3) is 0.500. The molecule has 1 N–H and O–H groups in total. The fourth-order valence-electron chi connectivity index (χ4n) is 1.44. The summed E-state index contributed by atoms with van der Waals surface area (Å²) in [6.45, 7) is 4.03.